The van der Waals surface area contributed by atoms with Gasteiger partial charge in [-0.25, -0.2) is 0 Å². The van der Waals surface area contributed by atoms with E-state index in [2.05, 4.69) is 17.1 Å². The number of likely N-dealkylation sites (N-methyl/N-ethyl adjacent to an activating group) is 1. The highest BCUT2D eigenvalue weighted by Crippen LogP contribution is 2.29. The number of carbonyl (C=O) groups excluding carboxylic acids is 1. The maximum atomic E-state index is 13.1. The molecule has 2 rings (SSSR count). The van der Waals surface area contributed by atoms with Gasteiger partial charge in [0.05, 0.1) is 0 Å². The molecule has 1 heterocycles. The number of hydrogen-bond acceptors (Lipinski definition) is 3. The third-order valence-electron chi connectivity index (χ3n) is 4.17. The lowest BCUT2D eigenvalue weighted by Crippen LogP contribution is -2.50. The predicted molar refractivity (Wildman–Crippen MR) is 91.2 cm³/mol. The highest BCUT2D eigenvalue weighted by molar-refractivity contribution is 6.31. The summed E-state index contributed by atoms with van der Waals surface area (Å²) in [5.41, 5.74) is 0.909. The van der Waals surface area contributed by atoms with E-state index >= 15 is 0 Å². The molecule has 0 radical (unpaired) electrons. The number of amides is 1. The van der Waals surface area contributed by atoms with Crippen LogP contribution in [-0.4, -0.2) is 55.5 Å². The second-order valence-corrected chi connectivity index (χ2v) is 6.24. The third kappa shape index (κ3) is 4.22. The zero-order valence-corrected chi connectivity index (χ0v) is 14.3. The van der Waals surface area contributed by atoms with Crippen LogP contribution in [0.3, 0.4) is 0 Å². The van der Waals surface area contributed by atoms with E-state index in [1.807, 2.05) is 36.2 Å². The highest BCUT2D eigenvalue weighted by atomic mass is 35.5. The Morgan fingerprint density at radius 3 is 2.68 bits per heavy atom. The van der Waals surface area contributed by atoms with Crippen LogP contribution in [0, 0.1) is 0 Å². The molecular weight excluding hydrogens is 298 g/mol. The maximum absolute atomic E-state index is 13.1. The molecule has 1 aromatic carbocycles. The van der Waals surface area contributed by atoms with Crippen LogP contribution in [0.5, 0.6) is 0 Å². The van der Waals surface area contributed by atoms with Gasteiger partial charge >= 0.3 is 0 Å². The van der Waals surface area contributed by atoms with Crippen LogP contribution in [0.2, 0.25) is 5.02 Å². The Bertz CT molecular complexity index is 489. The topological polar surface area (TPSA) is 35.6 Å². The summed E-state index contributed by atoms with van der Waals surface area (Å²) >= 11 is 6.37. The number of nitrogens with zero attached hydrogens (tertiary/aromatic N) is 2. The van der Waals surface area contributed by atoms with E-state index in [1.54, 1.807) is 0 Å². The smallest absolute Gasteiger partial charge is 0.244 e. The van der Waals surface area contributed by atoms with Gasteiger partial charge in [0.1, 0.15) is 6.04 Å². The van der Waals surface area contributed by atoms with Crippen molar-refractivity contribution >= 4 is 17.5 Å². The van der Waals surface area contributed by atoms with Gasteiger partial charge in [-0.05, 0) is 31.6 Å². The molecule has 1 unspecified atom stereocenters. The normalized spacial score (nSPS) is 16.8. The van der Waals surface area contributed by atoms with Crippen molar-refractivity contribution in [3.8, 4) is 0 Å². The Kier molecular flexibility index (Phi) is 6.68. The van der Waals surface area contributed by atoms with Crippen LogP contribution in [-0.2, 0) is 4.79 Å². The Labute approximate surface area is 138 Å². The lowest BCUT2D eigenvalue weighted by Gasteiger charge is -2.35. The SMILES string of the molecule is CCCCN(C)C(C(=O)N1CCNCC1)c1ccccc1Cl. The van der Waals surface area contributed by atoms with E-state index in [9.17, 15) is 4.79 Å². The molecule has 0 aliphatic carbocycles. The summed E-state index contributed by atoms with van der Waals surface area (Å²) in [5, 5.41) is 3.96. The summed E-state index contributed by atoms with van der Waals surface area (Å²) in [4.78, 5) is 17.1. The number of unbranched alkanes of at least 4 members (excludes halogenated alkanes) is 1. The third-order valence-corrected chi connectivity index (χ3v) is 4.51. The van der Waals surface area contributed by atoms with E-state index < -0.39 is 0 Å². The van der Waals surface area contributed by atoms with Gasteiger partial charge in [0.25, 0.3) is 0 Å². The minimum atomic E-state index is -0.293. The minimum Gasteiger partial charge on any atom is -0.338 e. The van der Waals surface area contributed by atoms with Gasteiger partial charge in [-0.3, -0.25) is 9.69 Å². The van der Waals surface area contributed by atoms with Crippen molar-refractivity contribution in [1.82, 2.24) is 15.1 Å². The Hall–Kier alpha value is -1.10. The van der Waals surface area contributed by atoms with E-state index in [-0.39, 0.29) is 11.9 Å². The molecular formula is C17H26ClN3O. The van der Waals surface area contributed by atoms with Crippen molar-refractivity contribution < 1.29 is 4.79 Å². The van der Waals surface area contributed by atoms with Crippen molar-refractivity contribution in [1.29, 1.82) is 0 Å². The summed E-state index contributed by atoms with van der Waals surface area (Å²) in [6.07, 6.45) is 2.19. The first kappa shape index (κ1) is 17.3. The molecule has 1 aliphatic rings. The molecule has 4 nitrogen and oxygen atoms in total. The fourth-order valence-electron chi connectivity index (χ4n) is 2.85. The van der Waals surface area contributed by atoms with Crippen LogP contribution in [0.1, 0.15) is 31.4 Å². The summed E-state index contributed by atoms with van der Waals surface area (Å²) in [7, 11) is 2.02. The second kappa shape index (κ2) is 8.51. The molecule has 1 fully saturated rings. The molecule has 22 heavy (non-hydrogen) atoms. The number of benzene rings is 1. The van der Waals surface area contributed by atoms with E-state index in [0.717, 1.165) is 51.1 Å². The van der Waals surface area contributed by atoms with Crippen molar-refractivity contribution in [3.05, 3.63) is 34.9 Å². The van der Waals surface area contributed by atoms with Crippen LogP contribution in [0.15, 0.2) is 24.3 Å². The summed E-state index contributed by atoms with van der Waals surface area (Å²) in [6.45, 7) is 6.31. The summed E-state index contributed by atoms with van der Waals surface area (Å²) in [6, 6.07) is 7.40. The monoisotopic (exact) mass is 323 g/mol. The molecule has 122 valence electrons. The first-order chi connectivity index (χ1) is 10.6. The van der Waals surface area contributed by atoms with Crippen molar-refractivity contribution in [2.75, 3.05) is 39.8 Å². The largest absolute Gasteiger partial charge is 0.338 e. The Morgan fingerprint density at radius 1 is 1.36 bits per heavy atom. The first-order valence-electron chi connectivity index (χ1n) is 8.09. The quantitative estimate of drug-likeness (QED) is 0.874. The first-order valence-corrected chi connectivity index (χ1v) is 8.47. The molecule has 0 spiro atoms. The van der Waals surface area contributed by atoms with Crippen LogP contribution in [0.4, 0.5) is 0 Å². The fraction of sp³-hybridized carbons (Fsp3) is 0.588. The molecule has 1 aromatic rings. The number of hydrogen-bond donors (Lipinski definition) is 1. The average molecular weight is 324 g/mol. The molecule has 0 aromatic heterocycles. The molecule has 0 bridgehead atoms. The van der Waals surface area contributed by atoms with Gasteiger partial charge < -0.3 is 10.2 Å². The van der Waals surface area contributed by atoms with Crippen LogP contribution < -0.4 is 5.32 Å². The van der Waals surface area contributed by atoms with Gasteiger partial charge in [0, 0.05) is 31.2 Å². The van der Waals surface area contributed by atoms with Crippen molar-refractivity contribution in [2.45, 2.75) is 25.8 Å². The zero-order chi connectivity index (χ0) is 15.9. The van der Waals surface area contributed by atoms with E-state index in [4.69, 9.17) is 11.6 Å². The number of nitrogens with one attached hydrogen (secondary N) is 1. The Morgan fingerprint density at radius 2 is 2.05 bits per heavy atom. The van der Waals surface area contributed by atoms with Crippen LogP contribution >= 0.6 is 11.6 Å². The van der Waals surface area contributed by atoms with Gasteiger partial charge in [-0.1, -0.05) is 43.1 Å². The van der Waals surface area contributed by atoms with Gasteiger partial charge in [0.2, 0.25) is 5.91 Å². The summed E-state index contributed by atoms with van der Waals surface area (Å²) < 4.78 is 0. The average Bonchev–Trinajstić information content (AvgIpc) is 2.55. The van der Waals surface area contributed by atoms with E-state index in [1.165, 1.54) is 0 Å². The number of piperazine rings is 1. The maximum Gasteiger partial charge on any atom is 0.244 e. The second-order valence-electron chi connectivity index (χ2n) is 5.83. The van der Waals surface area contributed by atoms with Gasteiger partial charge in [-0.2, -0.15) is 0 Å². The van der Waals surface area contributed by atoms with Gasteiger partial charge in [0.15, 0.2) is 0 Å². The van der Waals surface area contributed by atoms with E-state index in [0.29, 0.717) is 5.02 Å². The molecule has 1 N–H and O–H groups in total. The molecule has 1 aliphatic heterocycles. The number of carbonyl (C=O) groups is 1. The minimum absolute atomic E-state index is 0.160. The highest BCUT2D eigenvalue weighted by Gasteiger charge is 2.31. The lowest BCUT2D eigenvalue weighted by molar-refractivity contribution is -0.137. The predicted octanol–water partition coefficient (Wildman–Crippen LogP) is 2.54. The molecule has 1 atom stereocenters. The summed E-state index contributed by atoms with van der Waals surface area (Å²) in [5.74, 6) is 0.160. The van der Waals surface area contributed by atoms with Crippen molar-refractivity contribution in [3.63, 3.8) is 0 Å². The molecule has 5 heteroatoms. The zero-order valence-electron chi connectivity index (χ0n) is 13.5. The fourth-order valence-corrected chi connectivity index (χ4v) is 3.09. The number of halogens is 1. The molecule has 1 saturated heterocycles. The van der Waals surface area contributed by atoms with Crippen molar-refractivity contribution in [2.24, 2.45) is 0 Å². The Balaban J connectivity index is 2.24. The molecule has 1 amide bonds. The lowest BCUT2D eigenvalue weighted by atomic mass is 10.0. The standard InChI is InChI=1S/C17H26ClN3O/c1-3-4-11-20(2)16(14-7-5-6-8-15(14)18)17(22)21-12-9-19-10-13-21/h5-8,16,19H,3-4,9-13H2,1-2H3. The van der Waals surface area contributed by atoms with Gasteiger partial charge in [-0.15, -0.1) is 0 Å². The number of rotatable bonds is 6. The van der Waals surface area contributed by atoms with Crippen LogP contribution in [0.25, 0.3) is 0 Å². The molecule has 0 saturated carbocycles.